The molecule has 2 amide bonds. The van der Waals surface area contributed by atoms with Crippen LogP contribution < -0.4 is 10.2 Å². The summed E-state index contributed by atoms with van der Waals surface area (Å²) in [4.78, 5) is 29.2. The van der Waals surface area contributed by atoms with Crippen LogP contribution in [0.4, 0.5) is 5.69 Å². The summed E-state index contributed by atoms with van der Waals surface area (Å²) in [6.45, 7) is 2.07. The molecule has 1 heterocycles. The fraction of sp³-hybridized carbons (Fsp3) is 0.188. The highest BCUT2D eigenvalue weighted by Gasteiger charge is 2.13. The summed E-state index contributed by atoms with van der Waals surface area (Å²) in [6.07, 6.45) is 3.08. The number of pyridine rings is 1. The number of nitrogens with zero attached hydrogens (tertiary/aromatic N) is 2. The third kappa shape index (κ3) is 4.68. The van der Waals surface area contributed by atoms with E-state index in [1.807, 2.05) is 0 Å². The zero-order chi connectivity index (χ0) is 16.8. The predicted octanol–water partition coefficient (Wildman–Crippen LogP) is 3.17. The molecule has 23 heavy (non-hydrogen) atoms. The number of halogens is 2. The van der Waals surface area contributed by atoms with Gasteiger partial charge in [0.05, 0.1) is 15.6 Å². The molecule has 0 aliphatic carbocycles. The van der Waals surface area contributed by atoms with E-state index < -0.39 is 0 Å². The zero-order valence-electron chi connectivity index (χ0n) is 12.4. The van der Waals surface area contributed by atoms with Gasteiger partial charge < -0.3 is 10.2 Å². The van der Waals surface area contributed by atoms with E-state index in [1.165, 1.54) is 18.0 Å². The average Bonchev–Trinajstić information content (AvgIpc) is 2.54. The van der Waals surface area contributed by atoms with Gasteiger partial charge in [0.1, 0.15) is 0 Å². The molecule has 1 N–H and O–H groups in total. The van der Waals surface area contributed by atoms with Gasteiger partial charge in [-0.1, -0.05) is 23.2 Å². The number of carbonyl (C=O) groups is 2. The molecule has 0 saturated carbocycles. The molecule has 1 aromatic carbocycles. The van der Waals surface area contributed by atoms with E-state index in [4.69, 9.17) is 23.2 Å². The molecule has 0 radical (unpaired) electrons. The van der Waals surface area contributed by atoms with Crippen molar-refractivity contribution in [3.8, 4) is 0 Å². The van der Waals surface area contributed by atoms with Crippen molar-refractivity contribution in [2.75, 3.05) is 18.0 Å². The maximum atomic E-state index is 11.9. The van der Waals surface area contributed by atoms with E-state index >= 15 is 0 Å². The van der Waals surface area contributed by atoms with Crippen LogP contribution in [-0.4, -0.2) is 29.9 Å². The van der Waals surface area contributed by atoms with Gasteiger partial charge in [0.15, 0.2) is 0 Å². The number of amides is 2. The molecule has 0 spiro atoms. The Kier molecular flexibility index (Phi) is 5.96. The lowest BCUT2D eigenvalue weighted by atomic mass is 10.2. The number of anilines is 1. The first-order chi connectivity index (χ1) is 11.0. The SMILES string of the molecule is CC(=O)N(CCNC(=O)c1cccnc1)c1ccc(Cl)c(Cl)c1. The van der Waals surface area contributed by atoms with Crippen LogP contribution >= 0.6 is 23.2 Å². The maximum absolute atomic E-state index is 11.9. The minimum absolute atomic E-state index is 0.154. The second-order valence-electron chi connectivity index (χ2n) is 4.77. The summed E-state index contributed by atoms with van der Waals surface area (Å²) in [5, 5.41) is 3.54. The number of aromatic nitrogens is 1. The summed E-state index contributed by atoms with van der Waals surface area (Å²) in [5.41, 5.74) is 1.10. The molecule has 5 nitrogen and oxygen atoms in total. The second kappa shape index (κ2) is 7.94. The quantitative estimate of drug-likeness (QED) is 0.899. The first kappa shape index (κ1) is 17.2. The molecule has 0 saturated heterocycles. The minimum atomic E-state index is -0.240. The van der Waals surface area contributed by atoms with Gasteiger partial charge in [0.2, 0.25) is 5.91 Å². The molecule has 0 atom stereocenters. The molecule has 1 aromatic heterocycles. The predicted molar refractivity (Wildman–Crippen MR) is 91.1 cm³/mol. The molecule has 7 heteroatoms. The molecule has 120 valence electrons. The van der Waals surface area contributed by atoms with Crippen molar-refractivity contribution in [1.29, 1.82) is 0 Å². The van der Waals surface area contributed by atoms with E-state index in [9.17, 15) is 9.59 Å². The van der Waals surface area contributed by atoms with Crippen LogP contribution in [0.1, 0.15) is 17.3 Å². The largest absolute Gasteiger partial charge is 0.350 e. The lowest BCUT2D eigenvalue weighted by molar-refractivity contribution is -0.116. The normalized spacial score (nSPS) is 10.2. The van der Waals surface area contributed by atoms with Crippen LogP contribution in [0.15, 0.2) is 42.7 Å². The minimum Gasteiger partial charge on any atom is -0.350 e. The van der Waals surface area contributed by atoms with E-state index in [1.54, 1.807) is 36.5 Å². The summed E-state index contributed by atoms with van der Waals surface area (Å²) in [7, 11) is 0. The first-order valence-electron chi connectivity index (χ1n) is 6.90. The Morgan fingerprint density at radius 2 is 2.00 bits per heavy atom. The summed E-state index contributed by atoms with van der Waals surface area (Å²) in [5.74, 6) is -0.394. The summed E-state index contributed by atoms with van der Waals surface area (Å²) in [6, 6.07) is 8.31. The number of hydrogen-bond acceptors (Lipinski definition) is 3. The molecule has 0 fully saturated rings. The van der Waals surface area contributed by atoms with E-state index in [0.717, 1.165) is 0 Å². The third-order valence-corrected chi connectivity index (χ3v) is 3.88. The van der Waals surface area contributed by atoms with Crippen molar-refractivity contribution < 1.29 is 9.59 Å². The van der Waals surface area contributed by atoms with E-state index in [0.29, 0.717) is 34.4 Å². The van der Waals surface area contributed by atoms with Crippen molar-refractivity contribution in [1.82, 2.24) is 10.3 Å². The summed E-state index contributed by atoms with van der Waals surface area (Å²) < 4.78 is 0. The fourth-order valence-electron chi connectivity index (χ4n) is 2.00. The standard InChI is InChI=1S/C16H15Cl2N3O2/c1-11(22)21(13-4-5-14(17)15(18)9-13)8-7-20-16(23)12-3-2-6-19-10-12/h2-6,9-10H,7-8H2,1H3,(H,20,23). The van der Waals surface area contributed by atoms with Gasteiger partial charge in [-0.15, -0.1) is 0 Å². The third-order valence-electron chi connectivity index (χ3n) is 3.14. The van der Waals surface area contributed by atoms with Gasteiger partial charge in [-0.3, -0.25) is 14.6 Å². The van der Waals surface area contributed by atoms with E-state index in [2.05, 4.69) is 10.3 Å². The fourth-order valence-corrected chi connectivity index (χ4v) is 2.29. The maximum Gasteiger partial charge on any atom is 0.252 e. The summed E-state index contributed by atoms with van der Waals surface area (Å²) >= 11 is 11.9. The van der Waals surface area contributed by atoms with Gasteiger partial charge in [-0.25, -0.2) is 0 Å². The molecule has 0 bridgehead atoms. The van der Waals surface area contributed by atoms with Gasteiger partial charge in [-0.05, 0) is 30.3 Å². The van der Waals surface area contributed by atoms with Crippen LogP contribution in [0.3, 0.4) is 0 Å². The average molecular weight is 352 g/mol. The molecular formula is C16H15Cl2N3O2. The van der Waals surface area contributed by atoms with Crippen LogP contribution in [0, 0.1) is 0 Å². The van der Waals surface area contributed by atoms with Crippen LogP contribution in [-0.2, 0) is 4.79 Å². The number of benzene rings is 1. The Labute approximate surface area is 144 Å². The monoisotopic (exact) mass is 351 g/mol. The smallest absolute Gasteiger partial charge is 0.252 e. The van der Waals surface area contributed by atoms with Gasteiger partial charge in [0.25, 0.3) is 5.91 Å². The second-order valence-corrected chi connectivity index (χ2v) is 5.58. The van der Waals surface area contributed by atoms with Crippen LogP contribution in [0.2, 0.25) is 10.0 Å². The highest BCUT2D eigenvalue weighted by molar-refractivity contribution is 6.42. The van der Waals surface area contributed by atoms with Crippen LogP contribution in [0.25, 0.3) is 0 Å². The number of rotatable bonds is 5. The topological polar surface area (TPSA) is 62.3 Å². The molecule has 0 aliphatic heterocycles. The van der Waals surface area contributed by atoms with Crippen molar-refractivity contribution >= 4 is 40.7 Å². The number of nitrogens with one attached hydrogen (secondary N) is 1. The van der Waals surface area contributed by atoms with Crippen molar-refractivity contribution in [3.63, 3.8) is 0 Å². The van der Waals surface area contributed by atoms with E-state index in [-0.39, 0.29) is 11.8 Å². The molecular weight excluding hydrogens is 337 g/mol. The highest BCUT2D eigenvalue weighted by Crippen LogP contribution is 2.27. The van der Waals surface area contributed by atoms with Crippen molar-refractivity contribution in [2.45, 2.75) is 6.92 Å². The lowest BCUT2D eigenvalue weighted by Crippen LogP contribution is -2.37. The Hall–Kier alpha value is -2.11. The molecule has 0 unspecified atom stereocenters. The Bertz CT molecular complexity index is 708. The molecule has 2 aromatic rings. The zero-order valence-corrected chi connectivity index (χ0v) is 13.9. The Morgan fingerprint density at radius 1 is 1.22 bits per heavy atom. The van der Waals surface area contributed by atoms with Gasteiger partial charge >= 0.3 is 0 Å². The number of carbonyl (C=O) groups excluding carboxylic acids is 2. The van der Waals surface area contributed by atoms with Crippen molar-refractivity contribution in [3.05, 3.63) is 58.3 Å². The number of hydrogen-bond donors (Lipinski definition) is 1. The van der Waals surface area contributed by atoms with Crippen LogP contribution in [0.5, 0.6) is 0 Å². The lowest BCUT2D eigenvalue weighted by Gasteiger charge is -2.21. The highest BCUT2D eigenvalue weighted by atomic mass is 35.5. The molecule has 0 aliphatic rings. The van der Waals surface area contributed by atoms with Gasteiger partial charge in [-0.2, -0.15) is 0 Å². The van der Waals surface area contributed by atoms with Gasteiger partial charge in [0, 0.05) is 38.1 Å². The van der Waals surface area contributed by atoms with Crippen molar-refractivity contribution in [2.24, 2.45) is 0 Å². The molecule has 2 rings (SSSR count). The first-order valence-corrected chi connectivity index (χ1v) is 7.66. The Morgan fingerprint density at radius 3 is 2.61 bits per heavy atom. The Balaban J connectivity index is 1.99.